The van der Waals surface area contributed by atoms with Crippen LogP contribution < -0.4 is 10.1 Å². The van der Waals surface area contributed by atoms with Gasteiger partial charge < -0.3 is 4.74 Å². The van der Waals surface area contributed by atoms with Gasteiger partial charge in [0.25, 0.3) is 0 Å². The first kappa shape index (κ1) is 17.6. The molecule has 0 amide bonds. The molecule has 1 N–H and O–H groups in total. The monoisotopic (exact) mass is 405 g/mol. The molecule has 0 radical (unpaired) electrons. The van der Waals surface area contributed by atoms with Crippen LogP contribution in [0.3, 0.4) is 0 Å². The molecule has 2 atom stereocenters. The first-order valence-electron chi connectivity index (χ1n) is 9.14. The van der Waals surface area contributed by atoms with Gasteiger partial charge >= 0.3 is 0 Å². The number of rotatable bonds is 2. The lowest BCUT2D eigenvalue weighted by Gasteiger charge is -2.35. The molecule has 0 unspecified atom stereocenters. The van der Waals surface area contributed by atoms with E-state index in [-0.39, 0.29) is 12.3 Å². The SMILES string of the molecule is Clc1ccc([C@H]2N[C@H](c3ccc(Cl)cc3)Oc3ccc4ccccc4c32)cc1. The van der Waals surface area contributed by atoms with Gasteiger partial charge in [-0.1, -0.05) is 77.8 Å². The molecular weight excluding hydrogens is 389 g/mol. The minimum atomic E-state index is -0.272. The van der Waals surface area contributed by atoms with E-state index in [1.54, 1.807) is 0 Å². The predicted molar refractivity (Wildman–Crippen MR) is 115 cm³/mol. The zero-order valence-electron chi connectivity index (χ0n) is 14.9. The van der Waals surface area contributed by atoms with Crippen LogP contribution in [0.2, 0.25) is 10.0 Å². The fraction of sp³-hybridized carbons (Fsp3) is 0.0833. The summed E-state index contributed by atoms with van der Waals surface area (Å²) in [6, 6.07) is 28.3. The topological polar surface area (TPSA) is 21.3 Å². The first-order chi connectivity index (χ1) is 13.7. The van der Waals surface area contributed by atoms with Crippen LogP contribution >= 0.6 is 23.2 Å². The Hall–Kier alpha value is -2.52. The smallest absolute Gasteiger partial charge is 0.177 e. The summed E-state index contributed by atoms with van der Waals surface area (Å²) in [7, 11) is 0. The summed E-state index contributed by atoms with van der Waals surface area (Å²) in [5.74, 6) is 0.886. The average molecular weight is 406 g/mol. The third-order valence-electron chi connectivity index (χ3n) is 5.16. The summed E-state index contributed by atoms with van der Waals surface area (Å²) >= 11 is 12.2. The standard InChI is InChI=1S/C24H17Cl2NO/c25-18-10-5-16(6-11-18)23-22-20-4-2-1-3-15(20)9-14-21(22)28-24(27-23)17-7-12-19(26)13-8-17/h1-14,23-24,27H/t23-,24+/m1/s1. The Balaban J connectivity index is 1.67. The van der Waals surface area contributed by atoms with Gasteiger partial charge in [0.1, 0.15) is 5.75 Å². The molecule has 0 saturated carbocycles. The molecule has 0 saturated heterocycles. The number of nitrogens with one attached hydrogen (secondary N) is 1. The van der Waals surface area contributed by atoms with E-state index >= 15 is 0 Å². The molecule has 1 aliphatic rings. The molecule has 0 aromatic heterocycles. The molecule has 4 aromatic carbocycles. The molecule has 0 aliphatic carbocycles. The van der Waals surface area contributed by atoms with E-state index in [4.69, 9.17) is 27.9 Å². The van der Waals surface area contributed by atoms with Crippen molar-refractivity contribution in [3.63, 3.8) is 0 Å². The third kappa shape index (κ3) is 3.14. The Morgan fingerprint density at radius 3 is 2.04 bits per heavy atom. The lowest BCUT2D eigenvalue weighted by atomic mass is 9.91. The van der Waals surface area contributed by atoms with Crippen molar-refractivity contribution in [2.24, 2.45) is 0 Å². The summed E-state index contributed by atoms with van der Waals surface area (Å²) in [4.78, 5) is 0. The van der Waals surface area contributed by atoms with Gasteiger partial charge in [-0.2, -0.15) is 0 Å². The van der Waals surface area contributed by atoms with Crippen LogP contribution in [0.4, 0.5) is 0 Å². The van der Waals surface area contributed by atoms with Crippen LogP contribution in [0.15, 0.2) is 84.9 Å². The molecule has 1 aliphatic heterocycles. The van der Waals surface area contributed by atoms with Crippen LogP contribution in [0.25, 0.3) is 10.8 Å². The van der Waals surface area contributed by atoms with E-state index in [0.717, 1.165) is 27.5 Å². The second-order valence-corrected chi connectivity index (χ2v) is 7.77. The van der Waals surface area contributed by atoms with Crippen LogP contribution in [-0.2, 0) is 0 Å². The molecular formula is C24H17Cl2NO. The molecule has 138 valence electrons. The van der Waals surface area contributed by atoms with Crippen molar-refractivity contribution >= 4 is 34.0 Å². The maximum atomic E-state index is 6.36. The maximum absolute atomic E-state index is 6.36. The highest BCUT2D eigenvalue weighted by Crippen LogP contribution is 2.42. The Bertz CT molecular complexity index is 1140. The highest BCUT2D eigenvalue weighted by molar-refractivity contribution is 6.30. The molecule has 2 nitrogen and oxygen atoms in total. The number of halogens is 2. The van der Waals surface area contributed by atoms with Gasteiger partial charge in [-0.05, 0) is 46.7 Å². The molecule has 4 heteroatoms. The number of hydrogen-bond donors (Lipinski definition) is 1. The summed E-state index contributed by atoms with van der Waals surface area (Å²) in [6.07, 6.45) is -0.272. The number of ether oxygens (including phenoxy) is 1. The van der Waals surface area contributed by atoms with Crippen molar-refractivity contribution in [3.8, 4) is 5.75 Å². The Morgan fingerprint density at radius 1 is 0.679 bits per heavy atom. The molecule has 0 fully saturated rings. The number of hydrogen-bond acceptors (Lipinski definition) is 2. The Morgan fingerprint density at radius 2 is 1.32 bits per heavy atom. The molecule has 0 spiro atoms. The lowest BCUT2D eigenvalue weighted by Crippen LogP contribution is -2.35. The molecule has 0 bridgehead atoms. The fourth-order valence-corrected chi connectivity index (χ4v) is 4.04. The van der Waals surface area contributed by atoms with Crippen molar-refractivity contribution in [3.05, 3.63) is 112 Å². The Labute approximate surface area is 173 Å². The highest BCUT2D eigenvalue weighted by atomic mass is 35.5. The highest BCUT2D eigenvalue weighted by Gasteiger charge is 2.31. The van der Waals surface area contributed by atoms with E-state index in [0.29, 0.717) is 5.02 Å². The summed E-state index contributed by atoms with van der Waals surface area (Å²) < 4.78 is 6.36. The van der Waals surface area contributed by atoms with Crippen molar-refractivity contribution in [2.45, 2.75) is 12.3 Å². The maximum Gasteiger partial charge on any atom is 0.177 e. The van der Waals surface area contributed by atoms with Crippen LogP contribution in [-0.4, -0.2) is 0 Å². The van der Waals surface area contributed by atoms with Crippen LogP contribution in [0, 0.1) is 0 Å². The van der Waals surface area contributed by atoms with Gasteiger partial charge in [0, 0.05) is 21.2 Å². The van der Waals surface area contributed by atoms with Crippen molar-refractivity contribution in [2.75, 3.05) is 0 Å². The molecule has 4 aromatic rings. The van der Waals surface area contributed by atoms with Crippen molar-refractivity contribution in [1.29, 1.82) is 0 Å². The van der Waals surface area contributed by atoms with Gasteiger partial charge in [-0.25, -0.2) is 0 Å². The largest absolute Gasteiger partial charge is 0.471 e. The zero-order valence-corrected chi connectivity index (χ0v) is 16.4. The summed E-state index contributed by atoms with van der Waals surface area (Å²) in [6.45, 7) is 0. The van der Waals surface area contributed by atoms with Crippen LogP contribution in [0.5, 0.6) is 5.75 Å². The second kappa shape index (κ2) is 7.14. The summed E-state index contributed by atoms with van der Waals surface area (Å²) in [5.41, 5.74) is 3.32. The Kier molecular flexibility index (Phi) is 4.48. The van der Waals surface area contributed by atoms with E-state index in [9.17, 15) is 0 Å². The second-order valence-electron chi connectivity index (χ2n) is 6.90. The van der Waals surface area contributed by atoms with Gasteiger partial charge in [-0.15, -0.1) is 0 Å². The van der Waals surface area contributed by atoms with Crippen molar-refractivity contribution in [1.82, 2.24) is 5.32 Å². The quantitative estimate of drug-likeness (QED) is 0.390. The number of fused-ring (bicyclic) bond motifs is 3. The average Bonchev–Trinajstić information content (AvgIpc) is 2.74. The first-order valence-corrected chi connectivity index (χ1v) is 9.90. The van der Waals surface area contributed by atoms with Crippen LogP contribution in [0.1, 0.15) is 29.0 Å². The third-order valence-corrected chi connectivity index (χ3v) is 5.66. The van der Waals surface area contributed by atoms with E-state index in [2.05, 4.69) is 53.8 Å². The zero-order chi connectivity index (χ0) is 19.1. The van der Waals surface area contributed by atoms with Gasteiger partial charge in [0.2, 0.25) is 0 Å². The molecule has 1 heterocycles. The predicted octanol–water partition coefficient (Wildman–Crippen LogP) is 6.92. The van der Waals surface area contributed by atoms with Gasteiger partial charge in [0.15, 0.2) is 6.23 Å². The number of benzene rings is 4. The lowest BCUT2D eigenvalue weighted by molar-refractivity contribution is 0.134. The van der Waals surface area contributed by atoms with Gasteiger partial charge in [-0.3, -0.25) is 5.32 Å². The minimum absolute atomic E-state index is 0.0206. The van der Waals surface area contributed by atoms with E-state index in [1.807, 2.05) is 36.4 Å². The molecule has 5 rings (SSSR count). The fourth-order valence-electron chi connectivity index (χ4n) is 3.79. The van der Waals surface area contributed by atoms with E-state index < -0.39 is 0 Å². The van der Waals surface area contributed by atoms with E-state index in [1.165, 1.54) is 10.8 Å². The van der Waals surface area contributed by atoms with Crippen molar-refractivity contribution < 1.29 is 4.74 Å². The molecule has 28 heavy (non-hydrogen) atoms. The van der Waals surface area contributed by atoms with Gasteiger partial charge in [0.05, 0.1) is 6.04 Å². The minimum Gasteiger partial charge on any atom is -0.471 e. The summed E-state index contributed by atoms with van der Waals surface area (Å²) in [5, 5.41) is 7.47. The normalized spacial score (nSPS) is 18.5.